The first-order chi connectivity index (χ1) is 8.56. The average Bonchev–Trinajstić information content (AvgIpc) is 2.34. The van der Waals surface area contributed by atoms with Crippen molar-refractivity contribution >= 4 is 11.9 Å². The number of hydrogen-bond acceptors (Lipinski definition) is 3. The maximum absolute atomic E-state index is 11.0. The third-order valence-electron chi connectivity index (χ3n) is 2.69. The van der Waals surface area contributed by atoms with Crippen molar-refractivity contribution in [2.45, 2.75) is 25.7 Å². The molecule has 0 radical (unpaired) electrons. The van der Waals surface area contributed by atoms with Gasteiger partial charge in [0.15, 0.2) is 0 Å². The minimum absolute atomic E-state index is 0.0946. The number of aromatic carboxylic acids is 2. The zero-order valence-electron chi connectivity index (χ0n) is 9.93. The Kier molecular flexibility index (Phi) is 5.32. The molecular formula is C13H16O5. The van der Waals surface area contributed by atoms with Gasteiger partial charge in [0, 0.05) is 6.61 Å². The first kappa shape index (κ1) is 14.2. The number of aryl methyl sites for hydroxylation is 1. The van der Waals surface area contributed by atoms with E-state index in [-0.39, 0.29) is 17.7 Å². The second kappa shape index (κ2) is 6.76. The van der Waals surface area contributed by atoms with Crippen LogP contribution < -0.4 is 0 Å². The van der Waals surface area contributed by atoms with E-state index in [4.69, 9.17) is 15.3 Å². The van der Waals surface area contributed by atoms with Crippen LogP contribution in [0.15, 0.2) is 18.2 Å². The van der Waals surface area contributed by atoms with Gasteiger partial charge in [-0.05, 0) is 43.0 Å². The van der Waals surface area contributed by atoms with E-state index in [0.717, 1.165) is 12.8 Å². The molecule has 1 rings (SSSR count). The summed E-state index contributed by atoms with van der Waals surface area (Å²) in [6.07, 6.45) is 2.68. The van der Waals surface area contributed by atoms with Crippen molar-refractivity contribution in [3.05, 3.63) is 34.9 Å². The predicted molar refractivity (Wildman–Crippen MR) is 65.0 cm³/mol. The van der Waals surface area contributed by atoms with Crippen LogP contribution in [-0.2, 0) is 6.42 Å². The molecule has 0 unspecified atom stereocenters. The molecule has 0 spiro atoms. The zero-order chi connectivity index (χ0) is 13.5. The predicted octanol–water partition coefficient (Wildman–Crippen LogP) is 1.79. The van der Waals surface area contributed by atoms with Gasteiger partial charge in [0.25, 0.3) is 0 Å². The van der Waals surface area contributed by atoms with Gasteiger partial charge >= 0.3 is 11.9 Å². The summed E-state index contributed by atoms with van der Waals surface area (Å²) < 4.78 is 0. The second-order valence-electron chi connectivity index (χ2n) is 4.02. The third-order valence-corrected chi connectivity index (χ3v) is 2.69. The zero-order valence-corrected chi connectivity index (χ0v) is 9.93. The van der Waals surface area contributed by atoms with Crippen molar-refractivity contribution in [3.8, 4) is 0 Å². The van der Waals surface area contributed by atoms with Gasteiger partial charge in [-0.25, -0.2) is 9.59 Å². The lowest BCUT2D eigenvalue weighted by molar-refractivity contribution is 0.0680. The fourth-order valence-corrected chi connectivity index (χ4v) is 1.75. The number of hydrogen-bond donors (Lipinski definition) is 3. The van der Waals surface area contributed by atoms with Crippen LogP contribution in [0, 0.1) is 0 Å². The van der Waals surface area contributed by atoms with E-state index in [2.05, 4.69) is 0 Å². The Morgan fingerprint density at radius 1 is 1.00 bits per heavy atom. The Labute approximate surface area is 105 Å². The molecule has 0 heterocycles. The quantitative estimate of drug-likeness (QED) is 0.643. The lowest BCUT2D eigenvalue weighted by Crippen LogP contribution is -2.06. The highest BCUT2D eigenvalue weighted by Crippen LogP contribution is 2.16. The fourth-order valence-electron chi connectivity index (χ4n) is 1.75. The second-order valence-corrected chi connectivity index (χ2v) is 4.02. The van der Waals surface area contributed by atoms with Crippen LogP contribution in [0.1, 0.15) is 45.5 Å². The number of carboxylic acids is 2. The smallest absolute Gasteiger partial charge is 0.335 e. The van der Waals surface area contributed by atoms with Crippen LogP contribution in [0.3, 0.4) is 0 Å². The van der Waals surface area contributed by atoms with Crippen molar-refractivity contribution in [1.82, 2.24) is 0 Å². The van der Waals surface area contributed by atoms with E-state index >= 15 is 0 Å². The molecule has 0 aliphatic carbocycles. The largest absolute Gasteiger partial charge is 0.478 e. The van der Waals surface area contributed by atoms with Crippen LogP contribution in [0.2, 0.25) is 0 Å². The van der Waals surface area contributed by atoms with Gasteiger partial charge in [0.2, 0.25) is 0 Å². The molecule has 0 bridgehead atoms. The molecule has 0 saturated carbocycles. The molecule has 0 aliphatic rings. The summed E-state index contributed by atoms with van der Waals surface area (Å²) in [5, 5.41) is 26.5. The van der Waals surface area contributed by atoms with Crippen molar-refractivity contribution in [2.24, 2.45) is 0 Å². The number of benzene rings is 1. The number of rotatable bonds is 7. The van der Waals surface area contributed by atoms with Gasteiger partial charge in [-0.1, -0.05) is 6.42 Å². The van der Waals surface area contributed by atoms with Crippen LogP contribution in [-0.4, -0.2) is 33.9 Å². The highest BCUT2D eigenvalue weighted by molar-refractivity contribution is 5.93. The Balaban J connectivity index is 2.86. The number of carboxylic acid groups (broad SMARTS) is 2. The number of unbranched alkanes of at least 4 members (excludes halogenated alkanes) is 2. The molecule has 0 atom stereocenters. The standard InChI is InChI=1S/C13H16O5/c14-7-3-1-2-4-9-8-10(12(15)16)5-6-11(9)13(17)18/h5-6,8,14H,1-4,7H2,(H,15,16)(H,17,18). The third kappa shape index (κ3) is 3.85. The van der Waals surface area contributed by atoms with E-state index in [1.807, 2.05) is 0 Å². The molecule has 18 heavy (non-hydrogen) atoms. The molecule has 5 heteroatoms. The molecule has 0 aromatic heterocycles. The summed E-state index contributed by atoms with van der Waals surface area (Å²) in [5.74, 6) is -2.12. The van der Waals surface area contributed by atoms with Gasteiger partial charge < -0.3 is 15.3 Å². The van der Waals surface area contributed by atoms with Gasteiger partial charge in [0.1, 0.15) is 0 Å². The summed E-state index contributed by atoms with van der Waals surface area (Å²) in [6, 6.07) is 4.03. The molecule has 5 nitrogen and oxygen atoms in total. The molecule has 0 aliphatic heterocycles. The first-order valence-corrected chi connectivity index (χ1v) is 5.76. The lowest BCUT2D eigenvalue weighted by atomic mass is 9.98. The number of aliphatic hydroxyl groups is 1. The van der Waals surface area contributed by atoms with Crippen LogP contribution in [0.4, 0.5) is 0 Å². The van der Waals surface area contributed by atoms with E-state index in [1.54, 1.807) is 0 Å². The van der Waals surface area contributed by atoms with Crippen molar-refractivity contribution in [3.63, 3.8) is 0 Å². The lowest BCUT2D eigenvalue weighted by Gasteiger charge is -2.07. The summed E-state index contributed by atoms with van der Waals surface area (Å²) in [6.45, 7) is 0.112. The van der Waals surface area contributed by atoms with E-state index < -0.39 is 11.9 Å². The minimum atomic E-state index is -1.07. The van der Waals surface area contributed by atoms with Crippen molar-refractivity contribution in [1.29, 1.82) is 0 Å². The Hall–Kier alpha value is -1.88. The van der Waals surface area contributed by atoms with Gasteiger partial charge in [-0.2, -0.15) is 0 Å². The van der Waals surface area contributed by atoms with E-state index in [9.17, 15) is 9.59 Å². The normalized spacial score (nSPS) is 10.3. The number of carbonyl (C=O) groups is 2. The Bertz CT molecular complexity index is 439. The Morgan fingerprint density at radius 3 is 2.28 bits per heavy atom. The molecule has 3 N–H and O–H groups in total. The summed E-state index contributed by atoms with van der Waals surface area (Å²) in [4.78, 5) is 21.8. The molecule has 98 valence electrons. The van der Waals surface area contributed by atoms with Gasteiger partial charge in [0.05, 0.1) is 11.1 Å². The van der Waals surface area contributed by atoms with Crippen LogP contribution >= 0.6 is 0 Å². The molecule has 0 saturated heterocycles. The monoisotopic (exact) mass is 252 g/mol. The highest BCUT2D eigenvalue weighted by Gasteiger charge is 2.12. The molecule has 1 aromatic rings. The Morgan fingerprint density at radius 2 is 1.72 bits per heavy atom. The summed E-state index contributed by atoms with van der Waals surface area (Å²) in [7, 11) is 0. The maximum atomic E-state index is 11.0. The average molecular weight is 252 g/mol. The topological polar surface area (TPSA) is 94.8 Å². The van der Waals surface area contributed by atoms with E-state index in [1.165, 1.54) is 18.2 Å². The van der Waals surface area contributed by atoms with E-state index in [0.29, 0.717) is 18.4 Å². The van der Waals surface area contributed by atoms with Crippen molar-refractivity contribution < 1.29 is 24.9 Å². The van der Waals surface area contributed by atoms with Gasteiger partial charge in [-0.15, -0.1) is 0 Å². The number of aliphatic hydroxyl groups excluding tert-OH is 1. The van der Waals surface area contributed by atoms with Crippen LogP contribution in [0.25, 0.3) is 0 Å². The fraction of sp³-hybridized carbons (Fsp3) is 0.385. The van der Waals surface area contributed by atoms with Crippen molar-refractivity contribution in [2.75, 3.05) is 6.61 Å². The SMILES string of the molecule is O=C(O)c1ccc(C(=O)O)c(CCCCCO)c1. The van der Waals surface area contributed by atoms with Gasteiger partial charge in [-0.3, -0.25) is 0 Å². The minimum Gasteiger partial charge on any atom is -0.478 e. The van der Waals surface area contributed by atoms with Crippen LogP contribution in [0.5, 0.6) is 0 Å². The molecule has 0 fully saturated rings. The summed E-state index contributed by atoms with van der Waals surface area (Å²) in [5.41, 5.74) is 0.765. The molecular weight excluding hydrogens is 236 g/mol. The molecule has 0 amide bonds. The summed E-state index contributed by atoms with van der Waals surface area (Å²) >= 11 is 0. The molecule has 1 aromatic carbocycles. The maximum Gasteiger partial charge on any atom is 0.335 e. The highest BCUT2D eigenvalue weighted by atomic mass is 16.4. The first-order valence-electron chi connectivity index (χ1n) is 5.76.